The average molecular weight is 410 g/mol. The normalized spacial score (nSPS) is 20.1. The SMILES string of the molecule is C[C@H]1C(=O)Nc2ccc(C(=O)COC(=O)[C@H]3CC(=O)N(c4ccccc4F)C3)cc21. The summed E-state index contributed by atoms with van der Waals surface area (Å²) in [5.41, 5.74) is 1.84. The molecule has 1 saturated heterocycles. The summed E-state index contributed by atoms with van der Waals surface area (Å²) in [5.74, 6) is -3.27. The monoisotopic (exact) mass is 410 g/mol. The number of ether oxygens (including phenoxy) is 1. The zero-order valence-corrected chi connectivity index (χ0v) is 16.2. The Morgan fingerprint density at radius 3 is 2.73 bits per heavy atom. The molecule has 4 rings (SSSR count). The number of anilines is 2. The van der Waals surface area contributed by atoms with Crippen LogP contribution in [0, 0.1) is 11.7 Å². The minimum atomic E-state index is -0.772. The van der Waals surface area contributed by atoms with E-state index >= 15 is 0 Å². The Bertz CT molecular complexity index is 1070. The number of hydrogen-bond donors (Lipinski definition) is 1. The van der Waals surface area contributed by atoms with Gasteiger partial charge in [0, 0.05) is 24.2 Å². The van der Waals surface area contributed by atoms with Gasteiger partial charge in [0.2, 0.25) is 11.8 Å². The first-order valence-corrected chi connectivity index (χ1v) is 9.54. The number of carbonyl (C=O) groups excluding carboxylic acids is 4. The van der Waals surface area contributed by atoms with E-state index in [1.807, 2.05) is 0 Å². The number of amides is 2. The highest BCUT2D eigenvalue weighted by Gasteiger charge is 2.37. The number of nitrogens with one attached hydrogen (secondary N) is 1. The molecule has 2 aliphatic heterocycles. The summed E-state index contributed by atoms with van der Waals surface area (Å²) in [6.45, 7) is 1.27. The van der Waals surface area contributed by atoms with Crippen molar-refractivity contribution in [3.8, 4) is 0 Å². The van der Waals surface area contributed by atoms with E-state index in [0.29, 0.717) is 11.3 Å². The molecule has 8 heteroatoms. The molecule has 2 amide bonds. The van der Waals surface area contributed by atoms with Crippen LogP contribution >= 0.6 is 0 Å². The summed E-state index contributed by atoms with van der Waals surface area (Å²) in [6.07, 6.45) is -0.106. The molecule has 7 nitrogen and oxygen atoms in total. The van der Waals surface area contributed by atoms with E-state index in [1.165, 1.54) is 23.1 Å². The van der Waals surface area contributed by atoms with Gasteiger partial charge in [0.05, 0.1) is 17.5 Å². The van der Waals surface area contributed by atoms with Gasteiger partial charge in [-0.1, -0.05) is 12.1 Å². The molecule has 0 aromatic heterocycles. The summed E-state index contributed by atoms with van der Waals surface area (Å²) < 4.78 is 19.1. The van der Waals surface area contributed by atoms with Crippen LogP contribution < -0.4 is 10.2 Å². The molecular formula is C22H19FN2O5. The van der Waals surface area contributed by atoms with E-state index in [9.17, 15) is 23.6 Å². The summed E-state index contributed by atoms with van der Waals surface area (Å²) in [5, 5.41) is 2.73. The van der Waals surface area contributed by atoms with Crippen LogP contribution in [-0.2, 0) is 19.1 Å². The van der Waals surface area contributed by atoms with Crippen LogP contribution in [0.4, 0.5) is 15.8 Å². The second-order valence-corrected chi connectivity index (χ2v) is 7.40. The Kier molecular flexibility index (Phi) is 5.07. The third kappa shape index (κ3) is 3.56. The van der Waals surface area contributed by atoms with Crippen molar-refractivity contribution in [2.45, 2.75) is 19.3 Å². The van der Waals surface area contributed by atoms with Crippen molar-refractivity contribution in [3.05, 3.63) is 59.4 Å². The number of para-hydroxylation sites is 1. The van der Waals surface area contributed by atoms with Crippen molar-refractivity contribution < 1.29 is 28.3 Å². The Morgan fingerprint density at radius 2 is 1.97 bits per heavy atom. The number of Topliss-reactive ketones (excluding diaryl/α,β-unsaturated/α-hetero) is 1. The molecule has 0 radical (unpaired) electrons. The predicted octanol–water partition coefficient (Wildman–Crippen LogP) is 2.66. The number of carbonyl (C=O) groups is 4. The quantitative estimate of drug-likeness (QED) is 0.604. The maximum absolute atomic E-state index is 14.0. The first-order valence-electron chi connectivity index (χ1n) is 9.54. The molecule has 0 saturated carbocycles. The topological polar surface area (TPSA) is 92.8 Å². The third-order valence-electron chi connectivity index (χ3n) is 5.44. The number of esters is 1. The van der Waals surface area contributed by atoms with Crippen LogP contribution in [-0.4, -0.2) is 36.7 Å². The second-order valence-electron chi connectivity index (χ2n) is 7.40. The van der Waals surface area contributed by atoms with Gasteiger partial charge in [-0.25, -0.2) is 4.39 Å². The first kappa shape index (κ1) is 19.8. The van der Waals surface area contributed by atoms with Crippen LogP contribution in [0.15, 0.2) is 42.5 Å². The van der Waals surface area contributed by atoms with E-state index < -0.39 is 30.1 Å². The lowest BCUT2D eigenvalue weighted by Crippen LogP contribution is -2.27. The molecule has 0 bridgehead atoms. The molecule has 0 spiro atoms. The average Bonchev–Trinajstić information content (AvgIpc) is 3.25. The minimum Gasteiger partial charge on any atom is -0.457 e. The Balaban J connectivity index is 1.37. The van der Waals surface area contributed by atoms with Crippen LogP contribution in [0.5, 0.6) is 0 Å². The van der Waals surface area contributed by atoms with Gasteiger partial charge in [-0.3, -0.25) is 19.2 Å². The van der Waals surface area contributed by atoms with Crippen molar-refractivity contribution in [2.24, 2.45) is 5.92 Å². The van der Waals surface area contributed by atoms with E-state index in [-0.39, 0.29) is 36.4 Å². The van der Waals surface area contributed by atoms with Crippen LogP contribution in [0.1, 0.15) is 35.2 Å². The summed E-state index contributed by atoms with van der Waals surface area (Å²) >= 11 is 0. The maximum atomic E-state index is 14.0. The lowest BCUT2D eigenvalue weighted by molar-refractivity contribution is -0.147. The van der Waals surface area contributed by atoms with Crippen LogP contribution in [0.25, 0.3) is 0 Å². The number of ketones is 1. The number of benzene rings is 2. The Labute approximate surface area is 171 Å². The number of halogens is 1. The van der Waals surface area contributed by atoms with Crippen molar-refractivity contribution in [1.29, 1.82) is 0 Å². The number of hydrogen-bond acceptors (Lipinski definition) is 5. The molecule has 2 aromatic rings. The number of nitrogens with zero attached hydrogens (tertiary/aromatic N) is 1. The predicted molar refractivity (Wildman–Crippen MR) is 106 cm³/mol. The maximum Gasteiger partial charge on any atom is 0.311 e. The smallest absolute Gasteiger partial charge is 0.311 e. The molecule has 2 aliphatic rings. The largest absolute Gasteiger partial charge is 0.457 e. The zero-order chi connectivity index (χ0) is 21.4. The minimum absolute atomic E-state index is 0.00304. The zero-order valence-electron chi connectivity index (χ0n) is 16.2. The Morgan fingerprint density at radius 1 is 1.20 bits per heavy atom. The van der Waals surface area contributed by atoms with Crippen LogP contribution in [0.3, 0.4) is 0 Å². The molecular weight excluding hydrogens is 391 g/mol. The fraction of sp³-hybridized carbons (Fsp3) is 0.273. The molecule has 2 aromatic carbocycles. The third-order valence-corrected chi connectivity index (χ3v) is 5.44. The Hall–Kier alpha value is -3.55. The molecule has 1 N–H and O–H groups in total. The van der Waals surface area contributed by atoms with E-state index in [2.05, 4.69) is 5.32 Å². The van der Waals surface area contributed by atoms with Gasteiger partial charge < -0.3 is 15.0 Å². The molecule has 2 heterocycles. The second kappa shape index (κ2) is 7.70. The highest BCUT2D eigenvalue weighted by Crippen LogP contribution is 2.33. The number of rotatable bonds is 5. The molecule has 30 heavy (non-hydrogen) atoms. The van der Waals surface area contributed by atoms with Crippen molar-refractivity contribution >= 4 is 34.9 Å². The standard InChI is InChI=1S/C22H19FN2O5/c1-12-15-8-13(6-7-17(15)24-21(12)28)19(26)11-30-22(29)14-9-20(27)25(10-14)18-5-3-2-4-16(18)23/h2-8,12,14H,9-11H2,1H3,(H,24,28)/t12-,14+/m1/s1. The highest BCUT2D eigenvalue weighted by atomic mass is 19.1. The molecule has 2 atom stereocenters. The molecule has 1 fully saturated rings. The summed E-state index contributed by atoms with van der Waals surface area (Å²) in [4.78, 5) is 50.0. The summed E-state index contributed by atoms with van der Waals surface area (Å²) in [6, 6.07) is 10.7. The fourth-order valence-electron chi connectivity index (χ4n) is 3.70. The lowest BCUT2D eigenvalue weighted by atomic mass is 9.99. The molecule has 0 aliphatic carbocycles. The molecule has 0 unspecified atom stereocenters. The first-order chi connectivity index (χ1) is 14.3. The fourth-order valence-corrected chi connectivity index (χ4v) is 3.70. The van der Waals surface area contributed by atoms with Crippen LogP contribution in [0.2, 0.25) is 0 Å². The van der Waals surface area contributed by atoms with Gasteiger partial charge in [0.25, 0.3) is 0 Å². The van der Waals surface area contributed by atoms with Gasteiger partial charge in [-0.2, -0.15) is 0 Å². The van der Waals surface area contributed by atoms with Gasteiger partial charge in [-0.05, 0) is 42.8 Å². The van der Waals surface area contributed by atoms with Crippen molar-refractivity contribution in [3.63, 3.8) is 0 Å². The van der Waals surface area contributed by atoms with Crippen molar-refractivity contribution in [2.75, 3.05) is 23.4 Å². The van der Waals surface area contributed by atoms with Gasteiger partial charge in [0.1, 0.15) is 5.82 Å². The summed E-state index contributed by atoms with van der Waals surface area (Å²) in [7, 11) is 0. The molecule has 154 valence electrons. The number of fused-ring (bicyclic) bond motifs is 1. The van der Waals surface area contributed by atoms with Gasteiger partial charge in [-0.15, -0.1) is 0 Å². The van der Waals surface area contributed by atoms with E-state index in [1.54, 1.807) is 31.2 Å². The van der Waals surface area contributed by atoms with E-state index in [4.69, 9.17) is 4.74 Å². The van der Waals surface area contributed by atoms with Gasteiger partial charge >= 0.3 is 5.97 Å². The van der Waals surface area contributed by atoms with Crippen molar-refractivity contribution in [1.82, 2.24) is 0 Å². The highest BCUT2D eigenvalue weighted by molar-refractivity contribution is 6.05. The lowest BCUT2D eigenvalue weighted by Gasteiger charge is -2.17. The van der Waals surface area contributed by atoms with E-state index in [0.717, 1.165) is 5.56 Å². The van der Waals surface area contributed by atoms with Gasteiger partial charge in [0.15, 0.2) is 12.4 Å².